The van der Waals surface area contributed by atoms with Gasteiger partial charge in [-0.25, -0.2) is 9.13 Å². The van der Waals surface area contributed by atoms with Crippen LogP contribution in [-0.2, 0) is 55.8 Å². The van der Waals surface area contributed by atoms with E-state index in [2.05, 4.69) is 203 Å². The average Bonchev–Trinajstić information content (AvgIpc) is 0.890. The summed E-state index contributed by atoms with van der Waals surface area (Å²) in [4.78, 5) is 59.0. The lowest BCUT2D eigenvalue weighted by atomic mass is 10.0. The number of carbonyl (C=O) groups excluding carboxylic acids is 3. The standard InChI is InChI=1S/C103H174O16P2/c1-4-7-10-13-16-19-22-25-28-31-34-37-39-41-43-45-47-48-50-52-53-55-57-60-62-65-68-71-74-77-80-83-86-89-101(106)113-92-98(104)93-115-120(109,110)116-94-99(105)95-117-121(111,112)118-97-100(119-103(108)91-88-85-82-79-76-73-70-67-64-59-36-33-30-27-24-21-18-15-12-9-6-3)96-114-102(107)90-87-84-81-78-75-72-69-66-63-61-58-56-54-51-49-46-44-42-40-38-35-32-29-26-23-20-17-14-11-8-5-2/h8-9,11-12,16-21,25-30,34-38,41-44,59,67,70,76,79,98-100,104-105H,4-7,10,13-15,22-24,31-33,39-40,45-58,60-66,68-69,71-75,77-78,80-97H2,1-3H3,(H,109,110)(H,111,112)/b11-8-,12-9-,19-16-,20-17-,21-18-,28-25-,29-26-,30-27-,37-34-,38-35-,43-41-,44-42-,59-36-,70-67-,79-76-. The highest BCUT2D eigenvalue weighted by Gasteiger charge is 2.30. The monoisotopic (exact) mass is 1730 g/mol. The zero-order chi connectivity index (χ0) is 87.9. The molecule has 5 atom stereocenters. The molecular formula is C103H174O16P2. The summed E-state index contributed by atoms with van der Waals surface area (Å²) in [6.07, 6.45) is 124. The van der Waals surface area contributed by atoms with Crippen LogP contribution in [0.5, 0.6) is 0 Å². The summed E-state index contributed by atoms with van der Waals surface area (Å²) in [5.74, 6) is -1.62. The number of esters is 3. The van der Waals surface area contributed by atoms with E-state index in [0.717, 1.165) is 141 Å². The summed E-state index contributed by atoms with van der Waals surface area (Å²) in [7, 11) is -9.83. The highest BCUT2D eigenvalue weighted by Crippen LogP contribution is 2.45. The predicted octanol–water partition coefficient (Wildman–Crippen LogP) is 30.0. The first-order chi connectivity index (χ1) is 59.2. The van der Waals surface area contributed by atoms with E-state index in [4.69, 9.17) is 32.3 Å². The molecule has 0 aliphatic heterocycles. The fourth-order valence-electron chi connectivity index (χ4n) is 12.9. The third-order valence-corrected chi connectivity index (χ3v) is 22.0. The van der Waals surface area contributed by atoms with Crippen molar-refractivity contribution in [2.45, 2.75) is 411 Å². The van der Waals surface area contributed by atoms with Gasteiger partial charge in [0.05, 0.1) is 26.4 Å². The molecule has 0 aromatic rings. The van der Waals surface area contributed by atoms with E-state index in [1.807, 2.05) is 0 Å². The minimum absolute atomic E-state index is 0.0450. The Hall–Kier alpha value is -5.35. The maximum atomic E-state index is 13.1. The third kappa shape index (κ3) is 95.2. The number of unbranched alkanes of at least 4 members (excludes halogenated alkanes) is 37. The Kier molecular flexibility index (Phi) is 89.6. The number of aliphatic hydroxyl groups is 2. The minimum Gasteiger partial charge on any atom is -0.463 e. The number of aliphatic hydroxyl groups excluding tert-OH is 2. The first kappa shape index (κ1) is 116. The van der Waals surface area contributed by atoms with Gasteiger partial charge in [0.1, 0.15) is 25.4 Å². The van der Waals surface area contributed by atoms with Crippen LogP contribution in [0.25, 0.3) is 0 Å². The van der Waals surface area contributed by atoms with Crippen LogP contribution in [0.3, 0.4) is 0 Å². The zero-order valence-corrected chi connectivity index (χ0v) is 78.2. The maximum Gasteiger partial charge on any atom is 0.472 e. The van der Waals surface area contributed by atoms with Gasteiger partial charge in [-0.05, 0) is 161 Å². The molecule has 692 valence electrons. The summed E-state index contributed by atoms with van der Waals surface area (Å²) in [6.45, 7) is 2.42. The van der Waals surface area contributed by atoms with Crippen LogP contribution in [0.1, 0.15) is 393 Å². The fourth-order valence-corrected chi connectivity index (χ4v) is 14.5. The Labute approximate surface area is 738 Å². The number of rotatable bonds is 90. The number of allylic oxidation sites excluding steroid dienone is 30. The highest BCUT2D eigenvalue weighted by atomic mass is 31.2. The number of ether oxygens (including phenoxy) is 3. The third-order valence-electron chi connectivity index (χ3n) is 20.1. The Balaban J connectivity index is 4.58. The molecule has 121 heavy (non-hydrogen) atoms. The molecule has 5 unspecified atom stereocenters. The highest BCUT2D eigenvalue weighted by molar-refractivity contribution is 7.47. The Morgan fingerprint density at radius 3 is 0.711 bits per heavy atom. The first-order valence-electron chi connectivity index (χ1n) is 48.1. The van der Waals surface area contributed by atoms with E-state index < -0.39 is 91.5 Å². The van der Waals surface area contributed by atoms with Crippen molar-refractivity contribution < 1.29 is 75.8 Å². The van der Waals surface area contributed by atoms with Crippen LogP contribution in [-0.4, -0.2) is 95.9 Å². The quantitative estimate of drug-likeness (QED) is 0.0146. The summed E-state index contributed by atoms with van der Waals surface area (Å²) >= 11 is 0. The molecule has 0 bridgehead atoms. The van der Waals surface area contributed by atoms with Crippen molar-refractivity contribution in [2.75, 3.05) is 39.6 Å². The molecule has 0 aliphatic rings. The molecule has 0 amide bonds. The van der Waals surface area contributed by atoms with Crippen LogP contribution in [0.4, 0.5) is 0 Å². The maximum absolute atomic E-state index is 13.1. The molecule has 18 heteroatoms. The second-order valence-electron chi connectivity index (χ2n) is 31.8. The van der Waals surface area contributed by atoms with Crippen LogP contribution >= 0.6 is 15.6 Å². The molecule has 0 rings (SSSR count). The van der Waals surface area contributed by atoms with Gasteiger partial charge in [0, 0.05) is 19.3 Å². The lowest BCUT2D eigenvalue weighted by Crippen LogP contribution is -2.30. The van der Waals surface area contributed by atoms with Gasteiger partial charge in [-0.15, -0.1) is 0 Å². The molecule has 0 fully saturated rings. The van der Waals surface area contributed by atoms with Gasteiger partial charge in [-0.1, -0.05) is 396 Å². The van der Waals surface area contributed by atoms with E-state index in [-0.39, 0.29) is 19.3 Å². The van der Waals surface area contributed by atoms with Gasteiger partial charge < -0.3 is 34.2 Å². The van der Waals surface area contributed by atoms with E-state index >= 15 is 0 Å². The molecule has 0 spiro atoms. The van der Waals surface area contributed by atoms with Gasteiger partial charge in [-0.2, -0.15) is 0 Å². The van der Waals surface area contributed by atoms with E-state index in [0.29, 0.717) is 25.7 Å². The van der Waals surface area contributed by atoms with Crippen molar-refractivity contribution in [1.29, 1.82) is 0 Å². The molecule has 0 aliphatic carbocycles. The van der Waals surface area contributed by atoms with Crippen molar-refractivity contribution in [3.8, 4) is 0 Å². The number of phosphoric acid groups is 2. The van der Waals surface area contributed by atoms with Crippen LogP contribution in [0, 0.1) is 0 Å². The van der Waals surface area contributed by atoms with Crippen molar-refractivity contribution in [3.05, 3.63) is 182 Å². The van der Waals surface area contributed by atoms with Crippen molar-refractivity contribution in [1.82, 2.24) is 0 Å². The van der Waals surface area contributed by atoms with E-state index in [1.165, 1.54) is 186 Å². The summed E-state index contributed by atoms with van der Waals surface area (Å²) in [6, 6.07) is 0. The van der Waals surface area contributed by atoms with Crippen LogP contribution in [0.2, 0.25) is 0 Å². The molecule has 0 aromatic heterocycles. The van der Waals surface area contributed by atoms with Gasteiger partial charge >= 0.3 is 33.6 Å². The molecular weight excluding hydrogens is 1560 g/mol. The molecule has 0 aromatic carbocycles. The number of hydrogen-bond acceptors (Lipinski definition) is 14. The minimum atomic E-state index is -4.96. The molecule has 0 radical (unpaired) electrons. The molecule has 4 N–H and O–H groups in total. The van der Waals surface area contributed by atoms with Gasteiger partial charge in [0.2, 0.25) is 0 Å². The predicted molar refractivity (Wildman–Crippen MR) is 509 cm³/mol. The molecule has 0 heterocycles. The molecule has 0 saturated heterocycles. The van der Waals surface area contributed by atoms with E-state index in [9.17, 15) is 43.5 Å². The normalized spacial score (nSPS) is 14.5. The summed E-state index contributed by atoms with van der Waals surface area (Å²) < 4.78 is 61.5. The van der Waals surface area contributed by atoms with E-state index in [1.54, 1.807) is 0 Å². The van der Waals surface area contributed by atoms with Gasteiger partial charge in [0.15, 0.2) is 6.10 Å². The Morgan fingerprint density at radius 2 is 0.438 bits per heavy atom. The number of carbonyl (C=O) groups is 3. The molecule has 16 nitrogen and oxygen atoms in total. The van der Waals surface area contributed by atoms with Crippen LogP contribution in [0.15, 0.2) is 182 Å². The van der Waals surface area contributed by atoms with Gasteiger partial charge in [-0.3, -0.25) is 32.5 Å². The summed E-state index contributed by atoms with van der Waals surface area (Å²) in [5.41, 5.74) is 0. The average molecular weight is 1730 g/mol. The second kappa shape index (κ2) is 93.8. The van der Waals surface area contributed by atoms with Crippen molar-refractivity contribution in [3.63, 3.8) is 0 Å². The Morgan fingerprint density at radius 1 is 0.240 bits per heavy atom. The molecule has 0 saturated carbocycles. The largest absolute Gasteiger partial charge is 0.472 e. The first-order valence-corrected chi connectivity index (χ1v) is 51.1. The summed E-state index contributed by atoms with van der Waals surface area (Å²) in [5, 5.41) is 20.8. The fraction of sp³-hybridized carbons (Fsp3) is 0.680. The topological polar surface area (TPSA) is 231 Å². The van der Waals surface area contributed by atoms with Crippen LogP contribution < -0.4 is 0 Å². The lowest BCUT2D eigenvalue weighted by Gasteiger charge is -2.21. The number of hydrogen-bond donors (Lipinski definition) is 4. The zero-order valence-electron chi connectivity index (χ0n) is 76.4. The second-order valence-corrected chi connectivity index (χ2v) is 34.7. The van der Waals surface area contributed by atoms with Gasteiger partial charge in [0.25, 0.3) is 0 Å². The van der Waals surface area contributed by atoms with Crippen molar-refractivity contribution >= 4 is 33.6 Å². The Bertz CT molecular complexity index is 2930. The number of phosphoric ester groups is 2. The SMILES string of the molecule is CC/C=C\C/C=C\C/C=C\C/C=C\C/C=C\C/C=C\CCCCC(=O)OC(COC(=O)CCCCCCCCCCCCCCCCC/C=C\C/C=C\C/C=C\C/C=C\C/C=C\CC)COP(=O)(O)OCC(O)COP(=O)(O)OCC(O)COC(=O)CCCCCCCCCCCCCCCCCCC/C=C\C/C=C\C/C=C\C/C=C\CCCCC. The lowest BCUT2D eigenvalue weighted by molar-refractivity contribution is -0.161. The van der Waals surface area contributed by atoms with Crippen molar-refractivity contribution in [2.24, 2.45) is 0 Å². The smallest absolute Gasteiger partial charge is 0.463 e.